The summed E-state index contributed by atoms with van der Waals surface area (Å²) in [7, 11) is 0. The number of furan rings is 1. The topological polar surface area (TPSA) is 45.5 Å². The fourth-order valence-corrected chi connectivity index (χ4v) is 2.68. The fraction of sp³-hybridized carbons (Fsp3) is 0.154. The van der Waals surface area contributed by atoms with E-state index in [1.165, 1.54) is 6.92 Å². The number of carbonyl (C=O) groups excluding carboxylic acids is 1. The van der Waals surface area contributed by atoms with Crippen molar-refractivity contribution in [3.63, 3.8) is 0 Å². The number of nitrogens with zero attached hydrogens (tertiary/aromatic N) is 1. The van der Waals surface area contributed by atoms with Gasteiger partial charge in [-0.1, -0.05) is 6.07 Å². The van der Waals surface area contributed by atoms with Crippen molar-refractivity contribution in [3.05, 3.63) is 52.6 Å². The van der Waals surface area contributed by atoms with Crippen LogP contribution in [0.25, 0.3) is 5.70 Å². The molecule has 1 N–H and O–H groups in total. The Morgan fingerprint density at radius 1 is 1.44 bits per heavy atom. The number of rotatable bonds is 2. The second kappa shape index (κ2) is 4.34. The number of carbonyl (C=O) groups is 1. The molecule has 1 aliphatic heterocycles. The van der Waals surface area contributed by atoms with E-state index in [1.807, 2.05) is 35.7 Å². The van der Waals surface area contributed by atoms with E-state index < -0.39 is 0 Å². The highest BCUT2D eigenvalue weighted by molar-refractivity contribution is 7.11. The molecule has 1 atom stereocenters. The molecule has 0 unspecified atom stereocenters. The van der Waals surface area contributed by atoms with Gasteiger partial charge in [-0.25, -0.2) is 5.01 Å². The van der Waals surface area contributed by atoms with E-state index in [9.17, 15) is 4.79 Å². The summed E-state index contributed by atoms with van der Waals surface area (Å²) >= 11 is 1.63. The van der Waals surface area contributed by atoms with E-state index in [2.05, 4.69) is 5.43 Å². The highest BCUT2D eigenvalue weighted by Crippen LogP contribution is 2.32. The average Bonchev–Trinajstić information content (AvgIpc) is 3.10. The van der Waals surface area contributed by atoms with E-state index in [1.54, 1.807) is 22.6 Å². The van der Waals surface area contributed by atoms with Crippen LogP contribution in [0.1, 0.15) is 23.6 Å². The first-order chi connectivity index (χ1) is 8.75. The summed E-state index contributed by atoms with van der Waals surface area (Å²) in [4.78, 5) is 12.8. The number of hydrogen-bond acceptors (Lipinski definition) is 4. The van der Waals surface area contributed by atoms with Crippen molar-refractivity contribution >= 4 is 22.9 Å². The van der Waals surface area contributed by atoms with Crippen LogP contribution in [0.3, 0.4) is 0 Å². The molecule has 5 heteroatoms. The van der Waals surface area contributed by atoms with Gasteiger partial charge in [0.25, 0.3) is 0 Å². The largest absolute Gasteiger partial charge is 0.467 e. The van der Waals surface area contributed by atoms with Gasteiger partial charge in [0.15, 0.2) is 0 Å². The van der Waals surface area contributed by atoms with Crippen LogP contribution in [-0.2, 0) is 4.79 Å². The Balaban J connectivity index is 1.96. The number of amides is 1. The van der Waals surface area contributed by atoms with Crippen molar-refractivity contribution in [1.82, 2.24) is 10.4 Å². The molecule has 2 aromatic rings. The summed E-state index contributed by atoms with van der Waals surface area (Å²) in [5.41, 5.74) is 4.07. The first kappa shape index (κ1) is 11.1. The van der Waals surface area contributed by atoms with Crippen molar-refractivity contribution < 1.29 is 9.21 Å². The van der Waals surface area contributed by atoms with Crippen LogP contribution in [0.15, 0.2) is 46.4 Å². The third-order valence-corrected chi connectivity index (χ3v) is 3.71. The third-order valence-electron chi connectivity index (χ3n) is 2.80. The van der Waals surface area contributed by atoms with E-state index in [0.717, 1.165) is 16.3 Å². The molecule has 0 aromatic carbocycles. The molecule has 0 saturated carbocycles. The molecule has 0 aliphatic carbocycles. The summed E-state index contributed by atoms with van der Waals surface area (Å²) in [5, 5.41) is 3.59. The van der Waals surface area contributed by atoms with E-state index >= 15 is 0 Å². The summed E-state index contributed by atoms with van der Waals surface area (Å²) in [6, 6.07) is 7.52. The maximum absolute atomic E-state index is 11.7. The van der Waals surface area contributed by atoms with Crippen LogP contribution in [0, 0.1) is 0 Å². The molecule has 1 amide bonds. The standard InChI is InChI=1S/C13H12N2O2S/c1-9(16)15-11(12-4-2-6-17-12)8-10(14-15)13-5-3-7-18-13/h2-8,11,14H,1H3/t11-/m1/s1. The highest BCUT2D eigenvalue weighted by atomic mass is 32.1. The second-order valence-electron chi connectivity index (χ2n) is 4.02. The molecule has 4 nitrogen and oxygen atoms in total. The first-order valence-electron chi connectivity index (χ1n) is 5.61. The lowest BCUT2D eigenvalue weighted by atomic mass is 10.2. The number of hydrazine groups is 1. The Hall–Kier alpha value is -2.01. The van der Waals surface area contributed by atoms with Crippen LogP contribution < -0.4 is 5.43 Å². The molecule has 1 aliphatic rings. The van der Waals surface area contributed by atoms with E-state index in [4.69, 9.17) is 4.42 Å². The van der Waals surface area contributed by atoms with Gasteiger partial charge in [0, 0.05) is 6.92 Å². The molecule has 0 fully saturated rings. The Labute approximate surface area is 108 Å². The van der Waals surface area contributed by atoms with Crippen molar-refractivity contribution in [2.75, 3.05) is 0 Å². The summed E-state index contributed by atoms with van der Waals surface area (Å²) in [5.74, 6) is 0.712. The highest BCUT2D eigenvalue weighted by Gasteiger charge is 2.30. The van der Waals surface area contributed by atoms with E-state index in [0.29, 0.717) is 0 Å². The van der Waals surface area contributed by atoms with Gasteiger partial charge >= 0.3 is 0 Å². The Morgan fingerprint density at radius 2 is 2.33 bits per heavy atom. The summed E-state index contributed by atoms with van der Waals surface area (Å²) in [6.45, 7) is 1.54. The van der Waals surface area contributed by atoms with Gasteiger partial charge in [-0.2, -0.15) is 0 Å². The first-order valence-corrected chi connectivity index (χ1v) is 6.49. The molecule has 3 heterocycles. The molecule has 0 saturated heterocycles. The lowest BCUT2D eigenvalue weighted by Gasteiger charge is -2.21. The minimum Gasteiger partial charge on any atom is -0.467 e. The van der Waals surface area contributed by atoms with Gasteiger partial charge in [0.05, 0.1) is 16.8 Å². The normalized spacial score (nSPS) is 18.6. The van der Waals surface area contributed by atoms with Gasteiger partial charge in [0.1, 0.15) is 11.8 Å². The van der Waals surface area contributed by atoms with Gasteiger partial charge in [0.2, 0.25) is 5.91 Å². The predicted octanol–water partition coefficient (Wildman–Crippen LogP) is 2.79. The van der Waals surface area contributed by atoms with Gasteiger partial charge in [-0.05, 0) is 29.7 Å². The average molecular weight is 260 g/mol. The molecular weight excluding hydrogens is 248 g/mol. The number of thiophene rings is 1. The molecule has 3 rings (SSSR count). The van der Waals surface area contributed by atoms with Crippen molar-refractivity contribution in [3.8, 4) is 0 Å². The van der Waals surface area contributed by atoms with Crippen molar-refractivity contribution in [2.45, 2.75) is 13.0 Å². The molecule has 18 heavy (non-hydrogen) atoms. The molecule has 0 bridgehead atoms. The Morgan fingerprint density at radius 3 is 2.94 bits per heavy atom. The van der Waals surface area contributed by atoms with Crippen LogP contribution >= 0.6 is 11.3 Å². The fourth-order valence-electron chi connectivity index (χ4n) is 1.98. The van der Waals surface area contributed by atoms with Gasteiger partial charge in [-0.3, -0.25) is 10.2 Å². The molecular formula is C13H12N2O2S. The van der Waals surface area contributed by atoms with Crippen LogP contribution in [-0.4, -0.2) is 10.9 Å². The van der Waals surface area contributed by atoms with Crippen molar-refractivity contribution in [1.29, 1.82) is 0 Å². The quantitative estimate of drug-likeness (QED) is 0.903. The van der Waals surface area contributed by atoms with Crippen LogP contribution in [0.5, 0.6) is 0 Å². The molecule has 0 spiro atoms. The maximum Gasteiger partial charge on any atom is 0.238 e. The minimum atomic E-state index is -0.186. The lowest BCUT2D eigenvalue weighted by molar-refractivity contribution is -0.132. The van der Waals surface area contributed by atoms with E-state index in [-0.39, 0.29) is 11.9 Å². The van der Waals surface area contributed by atoms with Gasteiger partial charge in [-0.15, -0.1) is 11.3 Å². The molecule has 2 aromatic heterocycles. The predicted molar refractivity (Wildman–Crippen MR) is 69.4 cm³/mol. The third kappa shape index (κ3) is 1.82. The number of nitrogens with one attached hydrogen (secondary N) is 1. The van der Waals surface area contributed by atoms with Gasteiger partial charge < -0.3 is 4.42 Å². The Bertz CT molecular complexity index is 572. The molecule has 92 valence electrons. The zero-order chi connectivity index (χ0) is 12.5. The molecule has 0 radical (unpaired) electrons. The minimum absolute atomic E-state index is 0.0424. The van der Waals surface area contributed by atoms with Crippen molar-refractivity contribution in [2.24, 2.45) is 0 Å². The summed E-state index contributed by atoms with van der Waals surface area (Å²) < 4.78 is 5.39. The second-order valence-corrected chi connectivity index (χ2v) is 4.97. The van der Waals surface area contributed by atoms with Crippen LogP contribution in [0.4, 0.5) is 0 Å². The lowest BCUT2D eigenvalue weighted by Crippen LogP contribution is -2.37. The SMILES string of the molecule is CC(=O)N1NC(c2cccs2)=C[C@@H]1c1ccco1. The summed E-state index contributed by atoms with van der Waals surface area (Å²) in [6.07, 6.45) is 3.62. The Kier molecular flexibility index (Phi) is 2.68. The monoisotopic (exact) mass is 260 g/mol. The zero-order valence-corrected chi connectivity index (χ0v) is 10.6. The zero-order valence-electron chi connectivity index (χ0n) is 9.79. The van der Waals surface area contributed by atoms with Crippen LogP contribution in [0.2, 0.25) is 0 Å². The number of hydrogen-bond donors (Lipinski definition) is 1. The maximum atomic E-state index is 11.7. The smallest absolute Gasteiger partial charge is 0.238 e.